The van der Waals surface area contributed by atoms with Crippen molar-refractivity contribution >= 4 is 11.6 Å². The maximum atomic E-state index is 9.83. The first kappa shape index (κ1) is 16.4. The lowest BCUT2D eigenvalue weighted by Gasteiger charge is -2.27. The average molecular weight is 313 g/mol. The second-order valence-corrected chi connectivity index (χ2v) is 5.81. The molecule has 0 aromatic heterocycles. The van der Waals surface area contributed by atoms with E-state index in [-0.39, 0.29) is 5.75 Å². The number of nitrogens with zero attached hydrogens (tertiary/aromatic N) is 1. The molecule has 2 rings (SSSR count). The van der Waals surface area contributed by atoms with Gasteiger partial charge in [0.05, 0.1) is 11.6 Å². The number of phenols is 1. The fourth-order valence-corrected chi connectivity index (χ4v) is 2.87. The van der Waals surface area contributed by atoms with E-state index in [1.165, 1.54) is 6.42 Å². The second-order valence-electron chi connectivity index (χ2n) is 5.41. The van der Waals surface area contributed by atoms with Crippen molar-refractivity contribution in [3.05, 3.63) is 22.7 Å². The number of aromatic hydroxyl groups is 1. The molecule has 1 saturated heterocycles. The highest BCUT2D eigenvalue weighted by molar-refractivity contribution is 6.32. The summed E-state index contributed by atoms with van der Waals surface area (Å²) in [5.41, 5.74) is 1.13. The van der Waals surface area contributed by atoms with E-state index in [1.807, 2.05) is 19.1 Å². The molecule has 0 unspecified atom stereocenters. The Morgan fingerprint density at radius 1 is 1.29 bits per heavy atom. The second kappa shape index (κ2) is 8.47. The van der Waals surface area contributed by atoms with E-state index in [9.17, 15) is 5.11 Å². The number of hydrogen-bond donors (Lipinski definition) is 2. The van der Waals surface area contributed by atoms with Crippen LogP contribution in [0.1, 0.15) is 25.3 Å². The largest absolute Gasteiger partial charge is 0.503 e. The average Bonchev–Trinajstić information content (AvgIpc) is 2.50. The first-order valence-corrected chi connectivity index (χ1v) is 8.15. The zero-order valence-corrected chi connectivity index (χ0v) is 13.5. The predicted molar refractivity (Wildman–Crippen MR) is 86.5 cm³/mol. The van der Waals surface area contributed by atoms with Gasteiger partial charge in [0, 0.05) is 26.2 Å². The van der Waals surface area contributed by atoms with Crippen molar-refractivity contribution in [1.29, 1.82) is 0 Å². The number of hydrogen-bond acceptors (Lipinski definition) is 4. The van der Waals surface area contributed by atoms with E-state index in [2.05, 4.69) is 10.2 Å². The number of rotatable bonds is 7. The number of piperazine rings is 1. The summed E-state index contributed by atoms with van der Waals surface area (Å²) >= 11 is 6.04. The maximum absolute atomic E-state index is 9.83. The first-order valence-electron chi connectivity index (χ1n) is 7.78. The zero-order chi connectivity index (χ0) is 15.1. The molecule has 5 heteroatoms. The molecule has 1 fully saturated rings. The maximum Gasteiger partial charge on any atom is 0.176 e. The number of ether oxygens (including phenoxy) is 1. The fourth-order valence-electron chi connectivity index (χ4n) is 2.64. The van der Waals surface area contributed by atoms with Crippen LogP contribution in [0.3, 0.4) is 0 Å². The predicted octanol–water partition coefficient (Wildman–Crippen LogP) is 2.67. The van der Waals surface area contributed by atoms with Gasteiger partial charge in [-0.25, -0.2) is 0 Å². The van der Waals surface area contributed by atoms with Crippen LogP contribution in [0.2, 0.25) is 5.02 Å². The molecule has 1 aromatic rings. The third kappa shape index (κ3) is 5.06. The summed E-state index contributed by atoms with van der Waals surface area (Å²) < 4.78 is 5.41. The van der Waals surface area contributed by atoms with E-state index in [0.717, 1.165) is 51.1 Å². The van der Waals surface area contributed by atoms with Crippen LogP contribution < -0.4 is 10.1 Å². The molecule has 0 radical (unpaired) electrons. The normalized spacial score (nSPS) is 16.1. The van der Waals surface area contributed by atoms with Gasteiger partial charge in [-0.1, -0.05) is 11.6 Å². The van der Waals surface area contributed by atoms with Crippen molar-refractivity contribution in [2.24, 2.45) is 0 Å². The highest BCUT2D eigenvalue weighted by Gasteiger charge is 2.11. The molecule has 0 aliphatic carbocycles. The fraction of sp³-hybridized carbons (Fsp3) is 0.625. The van der Waals surface area contributed by atoms with Crippen LogP contribution in [0.15, 0.2) is 12.1 Å². The van der Waals surface area contributed by atoms with Gasteiger partial charge in [-0.3, -0.25) is 0 Å². The molecule has 2 N–H and O–H groups in total. The van der Waals surface area contributed by atoms with Crippen molar-refractivity contribution in [2.75, 3.05) is 39.3 Å². The lowest BCUT2D eigenvalue weighted by molar-refractivity contribution is 0.237. The Morgan fingerprint density at radius 3 is 2.76 bits per heavy atom. The van der Waals surface area contributed by atoms with Crippen molar-refractivity contribution < 1.29 is 9.84 Å². The summed E-state index contributed by atoms with van der Waals surface area (Å²) in [7, 11) is 0. The minimum absolute atomic E-state index is 0.0445. The van der Waals surface area contributed by atoms with Crippen LogP contribution in [0, 0.1) is 0 Å². The Morgan fingerprint density at radius 2 is 2.05 bits per heavy atom. The van der Waals surface area contributed by atoms with Gasteiger partial charge in [-0.05, 0) is 50.4 Å². The molecule has 1 aliphatic rings. The number of phenolic OH excluding ortho intramolecular Hbond substituents is 1. The molecule has 4 nitrogen and oxygen atoms in total. The van der Waals surface area contributed by atoms with E-state index < -0.39 is 0 Å². The molecular weight excluding hydrogens is 288 g/mol. The summed E-state index contributed by atoms with van der Waals surface area (Å²) in [5.74, 6) is 0.533. The highest BCUT2D eigenvalue weighted by Crippen LogP contribution is 2.35. The lowest BCUT2D eigenvalue weighted by atomic mass is 10.1. The molecule has 118 valence electrons. The Kier molecular flexibility index (Phi) is 6.61. The van der Waals surface area contributed by atoms with E-state index in [0.29, 0.717) is 17.4 Å². The molecule has 21 heavy (non-hydrogen) atoms. The number of nitrogens with one attached hydrogen (secondary N) is 1. The van der Waals surface area contributed by atoms with Crippen LogP contribution in [-0.4, -0.2) is 49.3 Å². The van der Waals surface area contributed by atoms with Gasteiger partial charge in [0.25, 0.3) is 0 Å². The monoisotopic (exact) mass is 312 g/mol. The summed E-state index contributed by atoms with van der Waals surface area (Å²) in [6, 6.07) is 3.74. The molecule has 0 atom stereocenters. The quantitative estimate of drug-likeness (QED) is 0.760. The molecule has 1 aliphatic heterocycles. The van der Waals surface area contributed by atoms with Crippen LogP contribution in [0.4, 0.5) is 0 Å². The molecular formula is C16H25ClN2O2. The Balaban J connectivity index is 1.79. The van der Waals surface area contributed by atoms with Gasteiger partial charge < -0.3 is 20.1 Å². The number of unbranched alkanes of at least 4 members (excludes halogenated alkanes) is 1. The van der Waals surface area contributed by atoms with E-state index in [4.69, 9.17) is 16.3 Å². The smallest absolute Gasteiger partial charge is 0.176 e. The Labute approximate surface area is 132 Å². The topological polar surface area (TPSA) is 44.7 Å². The zero-order valence-electron chi connectivity index (χ0n) is 12.7. The standard InChI is InChI=1S/C16H25ClN2O2/c1-2-21-15-12-13(11-14(17)16(15)20)5-3-4-8-19-9-6-18-7-10-19/h11-12,18,20H,2-10H2,1H3. The molecule has 0 spiro atoms. The van der Waals surface area contributed by atoms with Gasteiger partial charge in [0.1, 0.15) is 0 Å². The van der Waals surface area contributed by atoms with Gasteiger partial charge in [0.15, 0.2) is 11.5 Å². The Hall–Kier alpha value is -0.970. The summed E-state index contributed by atoms with van der Waals surface area (Å²) in [4.78, 5) is 2.51. The lowest BCUT2D eigenvalue weighted by Crippen LogP contribution is -2.43. The van der Waals surface area contributed by atoms with Crippen molar-refractivity contribution in [1.82, 2.24) is 10.2 Å². The summed E-state index contributed by atoms with van der Waals surface area (Å²) in [6.07, 6.45) is 3.27. The minimum Gasteiger partial charge on any atom is -0.503 e. The van der Waals surface area contributed by atoms with Gasteiger partial charge in [0.2, 0.25) is 0 Å². The molecule has 0 saturated carbocycles. The van der Waals surface area contributed by atoms with Gasteiger partial charge >= 0.3 is 0 Å². The first-order chi connectivity index (χ1) is 10.2. The van der Waals surface area contributed by atoms with Crippen molar-refractivity contribution in [3.8, 4) is 11.5 Å². The Bertz CT molecular complexity index is 448. The van der Waals surface area contributed by atoms with Gasteiger partial charge in [-0.15, -0.1) is 0 Å². The van der Waals surface area contributed by atoms with Crippen LogP contribution in [0.25, 0.3) is 0 Å². The molecule has 1 aromatic carbocycles. The van der Waals surface area contributed by atoms with Gasteiger partial charge in [-0.2, -0.15) is 0 Å². The van der Waals surface area contributed by atoms with E-state index in [1.54, 1.807) is 0 Å². The summed E-state index contributed by atoms with van der Waals surface area (Å²) in [5, 5.41) is 13.6. The number of aryl methyl sites for hydroxylation is 1. The van der Waals surface area contributed by atoms with Crippen LogP contribution >= 0.6 is 11.6 Å². The SMILES string of the molecule is CCOc1cc(CCCCN2CCNCC2)cc(Cl)c1O. The van der Waals surface area contributed by atoms with E-state index >= 15 is 0 Å². The third-order valence-electron chi connectivity index (χ3n) is 3.79. The van der Waals surface area contributed by atoms with Crippen molar-refractivity contribution in [3.63, 3.8) is 0 Å². The molecule has 0 bridgehead atoms. The molecule has 0 amide bonds. The number of halogens is 1. The number of benzene rings is 1. The third-order valence-corrected chi connectivity index (χ3v) is 4.08. The van der Waals surface area contributed by atoms with Crippen LogP contribution in [0.5, 0.6) is 11.5 Å². The molecule has 1 heterocycles. The summed E-state index contributed by atoms with van der Waals surface area (Å²) in [6.45, 7) is 8.09. The highest BCUT2D eigenvalue weighted by atomic mass is 35.5. The minimum atomic E-state index is 0.0445. The van der Waals surface area contributed by atoms with Crippen molar-refractivity contribution in [2.45, 2.75) is 26.2 Å². The van der Waals surface area contributed by atoms with Crippen LogP contribution in [-0.2, 0) is 6.42 Å².